The lowest BCUT2D eigenvalue weighted by molar-refractivity contribution is 0.0596. The second-order valence-corrected chi connectivity index (χ2v) is 7.89. The maximum absolute atomic E-state index is 12.3. The molecule has 0 heterocycles. The average molecular weight is 404 g/mol. The predicted octanol–water partition coefficient (Wildman–Crippen LogP) is 6.68. The van der Waals surface area contributed by atoms with Crippen LogP contribution in [0.5, 0.6) is 0 Å². The molecule has 1 N–H and O–H groups in total. The van der Waals surface area contributed by atoms with Gasteiger partial charge < -0.3 is 10.1 Å². The van der Waals surface area contributed by atoms with Crippen LogP contribution in [0.2, 0.25) is 0 Å². The van der Waals surface area contributed by atoms with Crippen molar-refractivity contribution in [2.75, 3.05) is 13.7 Å². The maximum Gasteiger partial charge on any atom is 0.338 e. The van der Waals surface area contributed by atoms with Gasteiger partial charge >= 0.3 is 5.97 Å². The van der Waals surface area contributed by atoms with E-state index in [0.717, 1.165) is 12.8 Å². The highest BCUT2D eigenvalue weighted by Crippen LogP contribution is 2.13. The molecule has 1 amide bonds. The first kappa shape index (κ1) is 25.2. The highest BCUT2D eigenvalue weighted by molar-refractivity contribution is 6.05. The Labute approximate surface area is 177 Å². The first-order valence-corrected chi connectivity index (χ1v) is 11.7. The van der Waals surface area contributed by atoms with Gasteiger partial charge in [0.1, 0.15) is 0 Å². The summed E-state index contributed by atoms with van der Waals surface area (Å²) in [4.78, 5) is 24.1. The number of unbranched alkanes of at least 4 members (excludes halogenated alkanes) is 13. The van der Waals surface area contributed by atoms with Crippen LogP contribution in [0, 0.1) is 0 Å². The van der Waals surface area contributed by atoms with Gasteiger partial charge in [-0.2, -0.15) is 0 Å². The van der Waals surface area contributed by atoms with E-state index in [2.05, 4.69) is 12.2 Å². The Morgan fingerprint density at radius 2 is 1.17 bits per heavy atom. The number of hydrogen-bond acceptors (Lipinski definition) is 3. The summed E-state index contributed by atoms with van der Waals surface area (Å²) in [7, 11) is 1.33. The molecular weight excluding hydrogens is 362 g/mol. The largest absolute Gasteiger partial charge is 0.465 e. The fourth-order valence-electron chi connectivity index (χ4n) is 3.59. The molecule has 0 radical (unpaired) electrons. The predicted molar refractivity (Wildman–Crippen MR) is 120 cm³/mol. The molecule has 0 aliphatic carbocycles. The zero-order valence-corrected chi connectivity index (χ0v) is 18.6. The standard InChI is InChI=1S/C25H41NO3/c1-3-4-5-6-7-8-9-10-11-12-13-14-15-18-21-26-24(27)22-19-16-17-20-23(22)25(28)29-2/h16-17,19-20H,3-15,18,21H2,1-2H3,(H,26,27). The van der Waals surface area contributed by atoms with E-state index in [0.29, 0.717) is 17.7 Å². The Kier molecular flexibility index (Phi) is 14.8. The second-order valence-electron chi connectivity index (χ2n) is 7.89. The minimum absolute atomic E-state index is 0.208. The summed E-state index contributed by atoms with van der Waals surface area (Å²) >= 11 is 0. The third kappa shape index (κ3) is 11.7. The van der Waals surface area contributed by atoms with Gasteiger partial charge in [0, 0.05) is 6.54 Å². The number of carbonyl (C=O) groups excluding carboxylic acids is 2. The van der Waals surface area contributed by atoms with Crippen molar-refractivity contribution in [3.63, 3.8) is 0 Å². The number of ether oxygens (including phenoxy) is 1. The summed E-state index contributed by atoms with van der Waals surface area (Å²) in [6.45, 7) is 2.91. The van der Waals surface area contributed by atoms with Crippen molar-refractivity contribution in [1.82, 2.24) is 5.32 Å². The summed E-state index contributed by atoms with van der Waals surface area (Å²) in [5.74, 6) is -0.687. The smallest absolute Gasteiger partial charge is 0.338 e. The minimum atomic E-state index is -0.479. The van der Waals surface area contributed by atoms with E-state index in [1.807, 2.05) is 0 Å². The Balaban J connectivity index is 1.99. The summed E-state index contributed by atoms with van der Waals surface area (Å²) in [6.07, 6.45) is 18.5. The van der Waals surface area contributed by atoms with E-state index in [9.17, 15) is 9.59 Å². The van der Waals surface area contributed by atoms with Crippen molar-refractivity contribution in [2.45, 2.75) is 96.8 Å². The van der Waals surface area contributed by atoms with Crippen LogP contribution in [0.25, 0.3) is 0 Å². The maximum atomic E-state index is 12.3. The Morgan fingerprint density at radius 1 is 0.724 bits per heavy atom. The van der Waals surface area contributed by atoms with Crippen LogP contribution >= 0.6 is 0 Å². The van der Waals surface area contributed by atoms with Crippen LogP contribution in [0.15, 0.2) is 24.3 Å². The Morgan fingerprint density at radius 3 is 1.66 bits per heavy atom. The molecule has 4 heteroatoms. The van der Waals surface area contributed by atoms with Gasteiger partial charge in [0.05, 0.1) is 18.2 Å². The van der Waals surface area contributed by atoms with Gasteiger partial charge in [0.2, 0.25) is 0 Å². The number of methoxy groups -OCH3 is 1. The van der Waals surface area contributed by atoms with E-state index in [1.54, 1.807) is 24.3 Å². The molecule has 0 saturated carbocycles. The van der Waals surface area contributed by atoms with Crippen molar-refractivity contribution >= 4 is 11.9 Å². The SMILES string of the molecule is CCCCCCCCCCCCCCCCNC(=O)c1ccccc1C(=O)OC. The van der Waals surface area contributed by atoms with Gasteiger partial charge in [-0.15, -0.1) is 0 Å². The van der Waals surface area contributed by atoms with E-state index >= 15 is 0 Å². The molecule has 164 valence electrons. The van der Waals surface area contributed by atoms with Gasteiger partial charge in [0.25, 0.3) is 5.91 Å². The zero-order chi connectivity index (χ0) is 21.2. The number of nitrogens with one attached hydrogen (secondary N) is 1. The molecule has 0 fully saturated rings. The van der Waals surface area contributed by atoms with Gasteiger partial charge in [-0.3, -0.25) is 4.79 Å². The molecule has 4 nitrogen and oxygen atoms in total. The summed E-state index contributed by atoms with van der Waals surface area (Å²) in [5, 5.41) is 2.91. The number of hydrogen-bond donors (Lipinski definition) is 1. The Hall–Kier alpha value is -1.84. The van der Waals surface area contributed by atoms with Crippen LogP contribution in [-0.2, 0) is 4.74 Å². The highest BCUT2D eigenvalue weighted by atomic mass is 16.5. The van der Waals surface area contributed by atoms with Crippen LogP contribution < -0.4 is 5.32 Å². The van der Waals surface area contributed by atoms with E-state index < -0.39 is 5.97 Å². The number of benzene rings is 1. The first-order valence-electron chi connectivity index (χ1n) is 11.7. The van der Waals surface area contributed by atoms with Crippen LogP contribution in [0.3, 0.4) is 0 Å². The normalized spacial score (nSPS) is 10.7. The fraction of sp³-hybridized carbons (Fsp3) is 0.680. The van der Waals surface area contributed by atoms with Gasteiger partial charge in [-0.25, -0.2) is 4.79 Å². The molecule has 0 unspecified atom stereocenters. The van der Waals surface area contributed by atoms with Crippen molar-refractivity contribution in [1.29, 1.82) is 0 Å². The number of rotatable bonds is 17. The fourth-order valence-corrected chi connectivity index (χ4v) is 3.59. The van der Waals surface area contributed by atoms with Crippen molar-refractivity contribution < 1.29 is 14.3 Å². The van der Waals surface area contributed by atoms with Gasteiger partial charge in [-0.1, -0.05) is 103 Å². The van der Waals surface area contributed by atoms with Gasteiger partial charge in [0.15, 0.2) is 0 Å². The Bertz CT molecular complexity index is 571. The molecule has 1 rings (SSSR count). The van der Waals surface area contributed by atoms with Crippen molar-refractivity contribution in [3.8, 4) is 0 Å². The second kappa shape index (κ2) is 17.1. The van der Waals surface area contributed by atoms with Gasteiger partial charge in [-0.05, 0) is 18.6 Å². The van der Waals surface area contributed by atoms with Crippen molar-refractivity contribution in [3.05, 3.63) is 35.4 Å². The van der Waals surface area contributed by atoms with E-state index in [-0.39, 0.29) is 5.91 Å². The summed E-state index contributed by atoms with van der Waals surface area (Å²) < 4.78 is 4.74. The molecule has 0 aliphatic rings. The summed E-state index contributed by atoms with van der Waals surface area (Å²) in [5.41, 5.74) is 0.693. The number of amides is 1. The third-order valence-electron chi connectivity index (χ3n) is 5.39. The lowest BCUT2D eigenvalue weighted by Gasteiger charge is -2.09. The molecule has 0 bridgehead atoms. The zero-order valence-electron chi connectivity index (χ0n) is 18.6. The summed E-state index contributed by atoms with van der Waals surface area (Å²) in [6, 6.07) is 6.77. The lowest BCUT2D eigenvalue weighted by Crippen LogP contribution is -2.26. The van der Waals surface area contributed by atoms with Crippen molar-refractivity contribution in [2.24, 2.45) is 0 Å². The monoisotopic (exact) mass is 403 g/mol. The van der Waals surface area contributed by atoms with Crippen LogP contribution in [0.4, 0.5) is 0 Å². The molecule has 0 spiro atoms. The first-order chi connectivity index (χ1) is 14.2. The molecular formula is C25H41NO3. The highest BCUT2D eigenvalue weighted by Gasteiger charge is 2.16. The molecule has 0 atom stereocenters. The topological polar surface area (TPSA) is 55.4 Å². The van der Waals surface area contributed by atoms with E-state index in [1.165, 1.54) is 84.2 Å². The molecule has 0 aliphatic heterocycles. The quantitative estimate of drug-likeness (QED) is 0.233. The molecule has 1 aromatic carbocycles. The van der Waals surface area contributed by atoms with E-state index in [4.69, 9.17) is 4.74 Å². The number of esters is 1. The lowest BCUT2D eigenvalue weighted by atomic mass is 10.0. The number of carbonyl (C=O) groups is 2. The van der Waals surface area contributed by atoms with Crippen LogP contribution in [0.1, 0.15) is 118 Å². The average Bonchev–Trinajstić information content (AvgIpc) is 2.75. The van der Waals surface area contributed by atoms with Crippen LogP contribution in [-0.4, -0.2) is 25.5 Å². The molecule has 0 aromatic heterocycles. The third-order valence-corrected chi connectivity index (χ3v) is 5.39. The minimum Gasteiger partial charge on any atom is -0.465 e. The molecule has 29 heavy (non-hydrogen) atoms. The molecule has 0 saturated heterocycles. The molecule has 1 aromatic rings.